The number of hydrogen-bond acceptors (Lipinski definition) is 2. The number of aryl methyl sites for hydroxylation is 1. The predicted octanol–water partition coefficient (Wildman–Crippen LogP) is 3.88. The summed E-state index contributed by atoms with van der Waals surface area (Å²) >= 11 is 0. The molecule has 0 saturated heterocycles. The van der Waals surface area contributed by atoms with E-state index in [0.29, 0.717) is 5.69 Å². The van der Waals surface area contributed by atoms with Gasteiger partial charge in [-0.25, -0.2) is 0 Å². The monoisotopic (exact) mass is 305 g/mol. The van der Waals surface area contributed by atoms with E-state index in [1.807, 2.05) is 68.4 Å². The Balaban J connectivity index is 1.74. The Morgan fingerprint density at radius 2 is 1.78 bits per heavy atom. The normalized spacial score (nSPS) is 11.9. The van der Waals surface area contributed by atoms with Crippen molar-refractivity contribution in [3.8, 4) is 11.3 Å². The van der Waals surface area contributed by atoms with Crippen molar-refractivity contribution in [2.45, 2.75) is 19.9 Å². The van der Waals surface area contributed by atoms with Crippen molar-refractivity contribution in [3.63, 3.8) is 0 Å². The van der Waals surface area contributed by atoms with Crippen LogP contribution in [-0.2, 0) is 0 Å². The van der Waals surface area contributed by atoms with Crippen LogP contribution in [-0.4, -0.2) is 16.1 Å². The van der Waals surface area contributed by atoms with Crippen molar-refractivity contribution in [3.05, 3.63) is 77.5 Å². The average molecular weight is 305 g/mol. The van der Waals surface area contributed by atoms with Crippen molar-refractivity contribution in [1.82, 2.24) is 15.5 Å². The molecule has 23 heavy (non-hydrogen) atoms. The molecule has 0 aliphatic rings. The largest absolute Gasteiger partial charge is 0.344 e. The van der Waals surface area contributed by atoms with Gasteiger partial charge in [-0.15, -0.1) is 0 Å². The lowest BCUT2D eigenvalue weighted by molar-refractivity contribution is 0.0934. The molecule has 0 fully saturated rings. The first-order valence-electron chi connectivity index (χ1n) is 7.62. The van der Waals surface area contributed by atoms with E-state index in [-0.39, 0.29) is 11.9 Å². The second kappa shape index (κ2) is 6.48. The minimum atomic E-state index is -0.157. The first-order valence-corrected chi connectivity index (χ1v) is 7.62. The Hall–Kier alpha value is -2.88. The van der Waals surface area contributed by atoms with E-state index >= 15 is 0 Å². The van der Waals surface area contributed by atoms with E-state index in [9.17, 15) is 4.79 Å². The van der Waals surface area contributed by atoms with E-state index in [4.69, 9.17) is 0 Å². The number of carbonyl (C=O) groups is 1. The summed E-state index contributed by atoms with van der Waals surface area (Å²) in [4.78, 5) is 12.4. The maximum Gasteiger partial charge on any atom is 0.269 e. The van der Waals surface area contributed by atoms with Crippen LogP contribution >= 0.6 is 0 Å². The van der Waals surface area contributed by atoms with Gasteiger partial charge in [0.05, 0.1) is 11.7 Å². The summed E-state index contributed by atoms with van der Waals surface area (Å²) in [6, 6.07) is 19.5. The topological polar surface area (TPSA) is 57.8 Å². The molecule has 1 heterocycles. The molecule has 0 aliphatic heterocycles. The highest BCUT2D eigenvalue weighted by Gasteiger charge is 2.15. The summed E-state index contributed by atoms with van der Waals surface area (Å²) in [5.41, 5.74) is 4.48. The zero-order chi connectivity index (χ0) is 16.2. The molecule has 1 amide bonds. The Kier molecular flexibility index (Phi) is 4.24. The highest BCUT2D eigenvalue weighted by Crippen LogP contribution is 2.19. The second-order valence-corrected chi connectivity index (χ2v) is 5.58. The van der Waals surface area contributed by atoms with Crippen molar-refractivity contribution >= 4 is 5.91 Å². The van der Waals surface area contributed by atoms with Crippen LogP contribution in [0.2, 0.25) is 0 Å². The molecule has 4 heteroatoms. The van der Waals surface area contributed by atoms with Gasteiger partial charge in [-0.2, -0.15) is 5.10 Å². The van der Waals surface area contributed by atoms with Gasteiger partial charge in [0.15, 0.2) is 0 Å². The number of aromatic amines is 1. The predicted molar refractivity (Wildman–Crippen MR) is 91.1 cm³/mol. The van der Waals surface area contributed by atoms with E-state index in [0.717, 1.165) is 22.4 Å². The zero-order valence-electron chi connectivity index (χ0n) is 13.2. The number of carbonyl (C=O) groups excluding carboxylic acids is 1. The first kappa shape index (κ1) is 15.0. The lowest BCUT2D eigenvalue weighted by atomic mass is 10.0. The van der Waals surface area contributed by atoms with Gasteiger partial charge in [-0.1, -0.05) is 54.6 Å². The van der Waals surface area contributed by atoms with Gasteiger partial charge in [0.1, 0.15) is 5.69 Å². The summed E-state index contributed by atoms with van der Waals surface area (Å²) in [6.07, 6.45) is 0. The average Bonchev–Trinajstić information content (AvgIpc) is 3.06. The second-order valence-electron chi connectivity index (χ2n) is 5.58. The first-order chi connectivity index (χ1) is 11.1. The summed E-state index contributed by atoms with van der Waals surface area (Å²) in [7, 11) is 0. The number of amides is 1. The standard InChI is InChI=1S/C19H19N3O/c1-13-8-6-7-11-16(13)14(2)20-19(23)18-12-17(21-22-18)15-9-4-3-5-10-15/h3-12,14H,1-2H3,(H,20,23)(H,21,22)/t14-/m1/s1. The van der Waals surface area contributed by atoms with Crippen LogP contribution in [0.25, 0.3) is 11.3 Å². The van der Waals surface area contributed by atoms with E-state index in [1.54, 1.807) is 6.07 Å². The van der Waals surface area contributed by atoms with Gasteiger partial charge in [0, 0.05) is 5.56 Å². The Labute approximate surface area is 135 Å². The fraction of sp³-hybridized carbons (Fsp3) is 0.158. The molecule has 0 radical (unpaired) electrons. The van der Waals surface area contributed by atoms with Crippen LogP contribution in [0.15, 0.2) is 60.7 Å². The van der Waals surface area contributed by atoms with E-state index in [1.165, 1.54) is 0 Å². The molecular weight excluding hydrogens is 286 g/mol. The van der Waals surface area contributed by atoms with Gasteiger partial charge in [-0.3, -0.25) is 9.89 Å². The van der Waals surface area contributed by atoms with Gasteiger partial charge in [0.25, 0.3) is 5.91 Å². The van der Waals surface area contributed by atoms with Crippen molar-refractivity contribution in [2.75, 3.05) is 0 Å². The smallest absolute Gasteiger partial charge is 0.269 e. The summed E-state index contributed by atoms with van der Waals surface area (Å²) in [6.45, 7) is 4.02. The number of nitrogens with one attached hydrogen (secondary N) is 2. The van der Waals surface area contributed by atoms with Crippen LogP contribution in [0.1, 0.15) is 34.6 Å². The van der Waals surface area contributed by atoms with Crippen LogP contribution < -0.4 is 5.32 Å². The van der Waals surface area contributed by atoms with E-state index in [2.05, 4.69) is 15.5 Å². The number of H-pyrrole nitrogens is 1. The van der Waals surface area contributed by atoms with Crippen molar-refractivity contribution in [2.24, 2.45) is 0 Å². The molecule has 116 valence electrons. The lowest BCUT2D eigenvalue weighted by Gasteiger charge is -2.15. The maximum absolute atomic E-state index is 12.4. The van der Waals surface area contributed by atoms with Crippen molar-refractivity contribution < 1.29 is 4.79 Å². The molecule has 1 aromatic heterocycles. The minimum Gasteiger partial charge on any atom is -0.344 e. The number of nitrogens with zero attached hydrogens (tertiary/aromatic N) is 1. The summed E-state index contributed by atoms with van der Waals surface area (Å²) < 4.78 is 0. The Morgan fingerprint density at radius 1 is 1.09 bits per heavy atom. The number of rotatable bonds is 4. The Morgan fingerprint density at radius 3 is 2.52 bits per heavy atom. The molecule has 2 N–H and O–H groups in total. The molecule has 0 bridgehead atoms. The fourth-order valence-electron chi connectivity index (χ4n) is 2.62. The quantitative estimate of drug-likeness (QED) is 0.768. The molecular formula is C19H19N3O. The van der Waals surface area contributed by atoms with Gasteiger partial charge in [-0.05, 0) is 31.0 Å². The maximum atomic E-state index is 12.4. The highest BCUT2D eigenvalue weighted by atomic mass is 16.2. The number of hydrogen-bond donors (Lipinski definition) is 2. The summed E-state index contributed by atoms with van der Waals surface area (Å²) in [5.74, 6) is -0.157. The van der Waals surface area contributed by atoms with Crippen LogP contribution in [0.3, 0.4) is 0 Å². The molecule has 0 saturated carbocycles. The minimum absolute atomic E-state index is 0.0628. The third kappa shape index (κ3) is 3.31. The molecule has 0 spiro atoms. The van der Waals surface area contributed by atoms with Crippen LogP contribution in [0.4, 0.5) is 0 Å². The van der Waals surface area contributed by atoms with Gasteiger partial charge >= 0.3 is 0 Å². The van der Waals surface area contributed by atoms with Gasteiger partial charge in [0.2, 0.25) is 0 Å². The molecule has 0 aliphatic carbocycles. The number of benzene rings is 2. The third-order valence-electron chi connectivity index (χ3n) is 3.89. The third-order valence-corrected chi connectivity index (χ3v) is 3.89. The molecule has 3 rings (SSSR count). The lowest BCUT2D eigenvalue weighted by Crippen LogP contribution is -2.27. The number of aromatic nitrogens is 2. The summed E-state index contributed by atoms with van der Waals surface area (Å²) in [5, 5.41) is 10.0. The Bertz CT molecular complexity index is 808. The van der Waals surface area contributed by atoms with Crippen LogP contribution in [0.5, 0.6) is 0 Å². The molecule has 0 unspecified atom stereocenters. The van der Waals surface area contributed by atoms with Crippen molar-refractivity contribution in [1.29, 1.82) is 0 Å². The molecule has 3 aromatic rings. The fourth-order valence-corrected chi connectivity index (χ4v) is 2.62. The van der Waals surface area contributed by atoms with E-state index < -0.39 is 0 Å². The molecule has 1 atom stereocenters. The zero-order valence-corrected chi connectivity index (χ0v) is 13.2. The molecule has 2 aromatic carbocycles. The van der Waals surface area contributed by atoms with Gasteiger partial charge < -0.3 is 5.32 Å². The highest BCUT2D eigenvalue weighted by molar-refractivity contribution is 5.93. The SMILES string of the molecule is Cc1ccccc1[C@@H](C)NC(=O)c1cc(-c2ccccc2)n[nH]1. The van der Waals surface area contributed by atoms with Crippen LogP contribution in [0, 0.1) is 6.92 Å². The molecule has 4 nitrogen and oxygen atoms in total.